The van der Waals surface area contributed by atoms with E-state index in [4.69, 9.17) is 4.74 Å². The molecule has 3 nitrogen and oxygen atoms in total. The molecule has 2 atom stereocenters. The topological polar surface area (TPSA) is 34.1 Å². The molecule has 2 unspecified atom stereocenters. The van der Waals surface area contributed by atoms with E-state index in [9.17, 15) is 0 Å². The first-order valence-corrected chi connectivity index (χ1v) is 6.44. The van der Waals surface area contributed by atoms with Gasteiger partial charge in [0.15, 0.2) is 0 Å². The minimum absolute atomic E-state index is 0.130. The molecule has 0 saturated carbocycles. The largest absolute Gasteiger partial charge is 0.488 e. The van der Waals surface area contributed by atoms with Crippen molar-refractivity contribution in [2.75, 3.05) is 7.05 Å². The normalized spacial score (nSPS) is 14.4. The van der Waals surface area contributed by atoms with Crippen LogP contribution in [0.4, 0.5) is 0 Å². The van der Waals surface area contributed by atoms with Crippen LogP contribution in [-0.2, 0) is 0 Å². The van der Waals surface area contributed by atoms with Crippen LogP contribution in [-0.4, -0.2) is 24.2 Å². The van der Waals surface area contributed by atoms with E-state index in [-0.39, 0.29) is 6.10 Å². The predicted molar refractivity (Wildman–Crippen MR) is 75.0 cm³/mol. The van der Waals surface area contributed by atoms with Crippen molar-refractivity contribution >= 4 is 10.9 Å². The van der Waals surface area contributed by atoms with Crippen molar-refractivity contribution in [1.82, 2.24) is 10.3 Å². The molecule has 2 rings (SSSR count). The van der Waals surface area contributed by atoms with Gasteiger partial charge in [0.2, 0.25) is 0 Å². The van der Waals surface area contributed by atoms with Crippen LogP contribution in [0.25, 0.3) is 10.9 Å². The van der Waals surface area contributed by atoms with Gasteiger partial charge in [-0.05, 0) is 44.7 Å². The summed E-state index contributed by atoms with van der Waals surface area (Å²) in [5.74, 6) is 0.904. The summed E-state index contributed by atoms with van der Waals surface area (Å²) >= 11 is 0. The number of nitrogens with one attached hydrogen (secondary N) is 1. The molecule has 0 aliphatic carbocycles. The van der Waals surface area contributed by atoms with E-state index in [1.54, 1.807) is 6.20 Å². The summed E-state index contributed by atoms with van der Waals surface area (Å²) in [6.07, 6.45) is 2.98. The number of benzene rings is 1. The van der Waals surface area contributed by atoms with Gasteiger partial charge >= 0.3 is 0 Å². The van der Waals surface area contributed by atoms with Crippen LogP contribution in [0.5, 0.6) is 5.75 Å². The number of ether oxygens (including phenoxy) is 1. The second kappa shape index (κ2) is 5.83. The molecule has 1 N–H and O–H groups in total. The van der Waals surface area contributed by atoms with Gasteiger partial charge in [-0.3, -0.25) is 4.98 Å². The quantitative estimate of drug-likeness (QED) is 0.878. The number of rotatable bonds is 5. The van der Waals surface area contributed by atoms with Crippen molar-refractivity contribution in [3.05, 3.63) is 36.5 Å². The van der Waals surface area contributed by atoms with E-state index < -0.39 is 0 Å². The van der Waals surface area contributed by atoms with Crippen molar-refractivity contribution in [3.8, 4) is 5.75 Å². The molecule has 0 radical (unpaired) electrons. The zero-order valence-corrected chi connectivity index (χ0v) is 11.2. The Morgan fingerprint density at radius 2 is 2.11 bits per heavy atom. The number of nitrogens with zero attached hydrogens (tertiary/aromatic N) is 1. The van der Waals surface area contributed by atoms with Gasteiger partial charge in [0.1, 0.15) is 11.9 Å². The average molecular weight is 244 g/mol. The standard InChI is InChI=1S/C15H20N2O/c1-4-13(16-3)11(2)18-15-9-5-8-14-12(15)7-6-10-17-14/h5-11,13,16H,4H2,1-3H3. The molecule has 0 aliphatic rings. The molecule has 0 spiro atoms. The fourth-order valence-electron chi connectivity index (χ4n) is 2.23. The minimum Gasteiger partial charge on any atom is -0.488 e. The molecule has 1 aromatic heterocycles. The fourth-order valence-corrected chi connectivity index (χ4v) is 2.23. The third-order valence-corrected chi connectivity index (χ3v) is 3.30. The van der Waals surface area contributed by atoms with Crippen molar-refractivity contribution in [2.24, 2.45) is 0 Å². The Bertz CT molecular complexity index is 503. The summed E-state index contributed by atoms with van der Waals surface area (Å²) in [5.41, 5.74) is 0.972. The number of hydrogen-bond acceptors (Lipinski definition) is 3. The third-order valence-electron chi connectivity index (χ3n) is 3.30. The summed E-state index contributed by atoms with van der Waals surface area (Å²) in [5, 5.41) is 4.35. The lowest BCUT2D eigenvalue weighted by molar-refractivity contribution is 0.174. The van der Waals surface area contributed by atoms with Gasteiger partial charge < -0.3 is 10.1 Å². The van der Waals surface area contributed by atoms with E-state index in [1.165, 1.54) is 0 Å². The van der Waals surface area contributed by atoms with Gasteiger partial charge in [-0.1, -0.05) is 13.0 Å². The summed E-state index contributed by atoms with van der Waals surface area (Å²) in [7, 11) is 1.97. The molecule has 0 bridgehead atoms. The second-order valence-electron chi connectivity index (χ2n) is 4.45. The van der Waals surface area contributed by atoms with Crippen molar-refractivity contribution in [2.45, 2.75) is 32.4 Å². The Morgan fingerprint density at radius 1 is 1.28 bits per heavy atom. The molecule has 1 heterocycles. The molecule has 0 aliphatic heterocycles. The lowest BCUT2D eigenvalue weighted by Crippen LogP contribution is -2.38. The first-order valence-electron chi connectivity index (χ1n) is 6.44. The Kier molecular flexibility index (Phi) is 4.15. The van der Waals surface area contributed by atoms with E-state index in [1.807, 2.05) is 37.4 Å². The zero-order valence-electron chi connectivity index (χ0n) is 11.2. The average Bonchev–Trinajstić information content (AvgIpc) is 2.40. The number of likely N-dealkylation sites (N-methyl/N-ethyl adjacent to an activating group) is 1. The summed E-state index contributed by atoms with van der Waals surface area (Å²) < 4.78 is 6.07. The minimum atomic E-state index is 0.130. The second-order valence-corrected chi connectivity index (χ2v) is 4.45. The Morgan fingerprint density at radius 3 is 2.83 bits per heavy atom. The first-order chi connectivity index (χ1) is 8.76. The summed E-state index contributed by atoms with van der Waals surface area (Å²) in [6.45, 7) is 4.26. The van der Waals surface area contributed by atoms with E-state index in [0.29, 0.717) is 6.04 Å². The number of fused-ring (bicyclic) bond motifs is 1. The highest BCUT2D eigenvalue weighted by atomic mass is 16.5. The van der Waals surface area contributed by atoms with Crippen LogP contribution < -0.4 is 10.1 Å². The maximum absolute atomic E-state index is 6.07. The van der Waals surface area contributed by atoms with E-state index in [0.717, 1.165) is 23.1 Å². The highest BCUT2D eigenvalue weighted by Gasteiger charge is 2.15. The molecule has 96 valence electrons. The molecular formula is C15H20N2O. The fraction of sp³-hybridized carbons (Fsp3) is 0.400. The van der Waals surface area contributed by atoms with E-state index in [2.05, 4.69) is 24.1 Å². The van der Waals surface area contributed by atoms with Gasteiger partial charge in [-0.2, -0.15) is 0 Å². The highest BCUT2D eigenvalue weighted by molar-refractivity contribution is 5.84. The van der Waals surface area contributed by atoms with E-state index >= 15 is 0 Å². The third kappa shape index (κ3) is 2.62. The molecule has 3 heteroatoms. The van der Waals surface area contributed by atoms with Crippen LogP contribution in [0.3, 0.4) is 0 Å². The first kappa shape index (κ1) is 12.8. The SMILES string of the molecule is CCC(NC)C(C)Oc1cccc2ncccc12. The Hall–Kier alpha value is -1.61. The zero-order chi connectivity index (χ0) is 13.0. The summed E-state index contributed by atoms with van der Waals surface area (Å²) in [4.78, 5) is 4.34. The molecule has 0 saturated heterocycles. The van der Waals surface area contributed by atoms with Crippen molar-refractivity contribution in [1.29, 1.82) is 0 Å². The van der Waals surface area contributed by atoms with Gasteiger partial charge in [-0.15, -0.1) is 0 Å². The molecule has 0 amide bonds. The van der Waals surface area contributed by atoms with Crippen molar-refractivity contribution < 1.29 is 4.74 Å². The van der Waals surface area contributed by atoms with Gasteiger partial charge in [0, 0.05) is 17.6 Å². The van der Waals surface area contributed by atoms with Gasteiger partial charge in [0.05, 0.1) is 5.52 Å². The van der Waals surface area contributed by atoms with Gasteiger partial charge in [-0.25, -0.2) is 0 Å². The Labute approximate surface area is 108 Å². The highest BCUT2D eigenvalue weighted by Crippen LogP contribution is 2.25. The van der Waals surface area contributed by atoms with Crippen LogP contribution in [0.15, 0.2) is 36.5 Å². The molecule has 1 aromatic carbocycles. The van der Waals surface area contributed by atoms with Crippen molar-refractivity contribution in [3.63, 3.8) is 0 Å². The lowest BCUT2D eigenvalue weighted by Gasteiger charge is -2.24. The molecule has 0 fully saturated rings. The maximum atomic E-state index is 6.07. The van der Waals surface area contributed by atoms with Crippen LogP contribution >= 0.6 is 0 Å². The molecular weight excluding hydrogens is 224 g/mol. The number of pyridine rings is 1. The number of aromatic nitrogens is 1. The van der Waals surface area contributed by atoms with Crippen LogP contribution in [0.1, 0.15) is 20.3 Å². The Balaban J connectivity index is 2.26. The molecule has 2 aromatic rings. The smallest absolute Gasteiger partial charge is 0.129 e. The summed E-state index contributed by atoms with van der Waals surface area (Å²) in [6, 6.07) is 10.3. The van der Waals surface area contributed by atoms with Crippen LogP contribution in [0.2, 0.25) is 0 Å². The maximum Gasteiger partial charge on any atom is 0.129 e. The monoisotopic (exact) mass is 244 g/mol. The predicted octanol–water partition coefficient (Wildman–Crippen LogP) is 3.00. The number of hydrogen-bond donors (Lipinski definition) is 1. The van der Waals surface area contributed by atoms with Gasteiger partial charge in [0.25, 0.3) is 0 Å². The molecule has 18 heavy (non-hydrogen) atoms. The lowest BCUT2D eigenvalue weighted by atomic mass is 10.1. The van der Waals surface area contributed by atoms with Crippen LogP contribution in [0, 0.1) is 0 Å².